The van der Waals surface area contributed by atoms with Gasteiger partial charge < -0.3 is 9.80 Å². The molecule has 0 amide bonds. The molecule has 0 saturated carbocycles. The third-order valence-corrected chi connectivity index (χ3v) is 15.8. The van der Waals surface area contributed by atoms with Gasteiger partial charge in [0.15, 0.2) is 0 Å². The van der Waals surface area contributed by atoms with Crippen molar-refractivity contribution in [1.29, 1.82) is 0 Å². The SMILES string of the molecule is [2H]C([2H])([2H])c1ccc(N2c3cc(-c4c(C)cccc4C)ccc3B3c4sc5cc6c(cc5c4N(c4ccccc4)c4cccc2c43)-c2ccccc2C62c3ccccc3-c3ccccc32)cc1. The molecule has 0 bridgehead atoms. The first-order valence-corrected chi connectivity index (χ1v) is 23.0. The van der Waals surface area contributed by atoms with Crippen LogP contribution in [0.1, 0.15) is 43.1 Å². The van der Waals surface area contributed by atoms with Crippen LogP contribution in [0, 0.1) is 20.7 Å². The first-order valence-electron chi connectivity index (χ1n) is 23.7. The van der Waals surface area contributed by atoms with Gasteiger partial charge in [-0.05, 0) is 153 Å². The zero-order valence-corrected chi connectivity index (χ0v) is 36.2. The number of anilines is 6. The van der Waals surface area contributed by atoms with Crippen molar-refractivity contribution in [2.45, 2.75) is 26.1 Å². The molecule has 3 heterocycles. The Morgan fingerprint density at radius 2 is 1.09 bits per heavy atom. The molecule has 0 saturated heterocycles. The van der Waals surface area contributed by atoms with E-state index in [9.17, 15) is 0 Å². The lowest BCUT2D eigenvalue weighted by molar-refractivity contribution is 0.795. The number of para-hydroxylation sites is 1. The van der Waals surface area contributed by atoms with Crippen molar-refractivity contribution in [3.05, 3.63) is 233 Å². The largest absolute Gasteiger partial charge is 0.311 e. The number of hydrogen-bond donors (Lipinski definition) is 0. The molecule has 2 nitrogen and oxygen atoms in total. The smallest absolute Gasteiger partial charge is 0.264 e. The summed E-state index contributed by atoms with van der Waals surface area (Å²) < 4.78 is 27.2. The molecule has 0 fully saturated rings. The van der Waals surface area contributed by atoms with Crippen molar-refractivity contribution in [1.82, 2.24) is 0 Å². The van der Waals surface area contributed by atoms with E-state index in [0.717, 1.165) is 34.0 Å². The van der Waals surface area contributed by atoms with Crippen LogP contribution in [0.3, 0.4) is 0 Å². The van der Waals surface area contributed by atoms with Gasteiger partial charge in [0.25, 0.3) is 6.71 Å². The van der Waals surface area contributed by atoms with Gasteiger partial charge in [-0.15, -0.1) is 11.3 Å². The van der Waals surface area contributed by atoms with E-state index in [4.69, 9.17) is 4.11 Å². The maximum Gasteiger partial charge on any atom is 0.264 e. The van der Waals surface area contributed by atoms with Gasteiger partial charge in [0.1, 0.15) is 0 Å². The molecule has 4 heteroatoms. The minimum atomic E-state index is -2.20. The molecule has 0 unspecified atom stereocenters. The standard InChI is InChI=1S/C60H41BN2S/c1-36-27-30-41(31-28-36)62-52-25-14-26-53-57(52)61(51-32-29-39(33-54(51)62)56-37(2)15-13-16-38(56)3)59-58(63(53)40-17-5-4-6-18-40)46-34-45-44-21-9-12-24-49(44)60(50(45)35-55(46)64-59)47-22-10-7-19-42(47)43-20-8-11-23-48(43)60/h4-35H,1-3H3/i1D3. The van der Waals surface area contributed by atoms with E-state index in [1.165, 1.54) is 92.7 Å². The third kappa shape index (κ3) is 4.60. The molecule has 2 aliphatic carbocycles. The zero-order chi connectivity index (χ0) is 44.9. The van der Waals surface area contributed by atoms with Crippen molar-refractivity contribution >= 4 is 78.0 Å². The van der Waals surface area contributed by atoms with Gasteiger partial charge in [-0.2, -0.15) is 0 Å². The molecule has 10 aromatic rings. The molecular formula is C60H41BN2S. The Morgan fingerprint density at radius 3 is 1.77 bits per heavy atom. The molecule has 9 aromatic carbocycles. The van der Waals surface area contributed by atoms with Crippen molar-refractivity contribution in [3.8, 4) is 33.4 Å². The number of fused-ring (bicyclic) bond motifs is 16. The van der Waals surface area contributed by atoms with Crippen LogP contribution in [0.25, 0.3) is 43.5 Å². The number of rotatable bonds is 3. The van der Waals surface area contributed by atoms with Crippen molar-refractivity contribution in [3.63, 3.8) is 0 Å². The molecular weight excluding hydrogens is 792 g/mol. The summed E-state index contributed by atoms with van der Waals surface area (Å²) in [6, 6.07) is 70.9. The van der Waals surface area contributed by atoms with Crippen LogP contribution in [0.15, 0.2) is 194 Å². The van der Waals surface area contributed by atoms with Crippen LogP contribution < -0.4 is 25.5 Å². The summed E-state index contributed by atoms with van der Waals surface area (Å²) in [7, 11) is 0. The topological polar surface area (TPSA) is 6.48 Å². The van der Waals surface area contributed by atoms with Crippen molar-refractivity contribution in [2.24, 2.45) is 0 Å². The van der Waals surface area contributed by atoms with E-state index in [1.54, 1.807) is 12.1 Å². The molecule has 0 atom stereocenters. The molecule has 14 rings (SSSR count). The van der Waals surface area contributed by atoms with Crippen LogP contribution in [0.2, 0.25) is 0 Å². The molecule has 2 aliphatic heterocycles. The Bertz CT molecular complexity index is 3680. The fraction of sp³-hybridized carbons (Fsp3) is 0.0667. The summed E-state index contributed by atoms with van der Waals surface area (Å²) >= 11 is 1.93. The maximum atomic E-state index is 8.20. The van der Waals surface area contributed by atoms with Crippen molar-refractivity contribution < 1.29 is 4.11 Å². The fourth-order valence-electron chi connectivity index (χ4n) is 12.2. The first-order chi connectivity index (χ1) is 32.7. The van der Waals surface area contributed by atoms with Crippen molar-refractivity contribution in [2.75, 3.05) is 9.80 Å². The lowest BCUT2D eigenvalue weighted by Crippen LogP contribution is -2.60. The molecule has 1 aromatic heterocycles. The van der Waals surface area contributed by atoms with Gasteiger partial charge in [-0.3, -0.25) is 0 Å². The van der Waals surface area contributed by atoms with Gasteiger partial charge in [-0.25, -0.2) is 0 Å². The second kappa shape index (κ2) is 13.1. The number of aryl methyl sites for hydroxylation is 3. The van der Waals surface area contributed by atoms with Crippen LogP contribution in [-0.4, -0.2) is 6.71 Å². The van der Waals surface area contributed by atoms with Crippen LogP contribution in [0.5, 0.6) is 0 Å². The molecule has 0 N–H and O–H groups in total. The second-order valence-corrected chi connectivity index (χ2v) is 18.9. The highest BCUT2D eigenvalue weighted by Gasteiger charge is 2.52. The lowest BCUT2D eigenvalue weighted by atomic mass is 9.36. The van der Waals surface area contributed by atoms with E-state index in [1.807, 2.05) is 23.5 Å². The normalized spacial score (nSPS) is 15.1. The van der Waals surface area contributed by atoms with Crippen LogP contribution >= 0.6 is 11.3 Å². The van der Waals surface area contributed by atoms with Gasteiger partial charge in [-0.1, -0.05) is 145 Å². The fourth-order valence-corrected chi connectivity index (χ4v) is 13.5. The van der Waals surface area contributed by atoms with Crippen LogP contribution in [-0.2, 0) is 5.41 Å². The van der Waals surface area contributed by atoms with Crippen LogP contribution in [0.4, 0.5) is 34.1 Å². The van der Waals surface area contributed by atoms with E-state index in [2.05, 4.69) is 194 Å². The predicted molar refractivity (Wildman–Crippen MR) is 272 cm³/mol. The summed E-state index contributed by atoms with van der Waals surface area (Å²) in [4.78, 5) is 4.88. The molecule has 4 aliphatic rings. The number of benzene rings is 9. The molecule has 0 radical (unpaired) electrons. The Hall–Kier alpha value is -7.40. The average Bonchev–Trinajstić information content (AvgIpc) is 3.97. The third-order valence-electron chi connectivity index (χ3n) is 14.6. The van der Waals surface area contributed by atoms with Gasteiger partial charge in [0.2, 0.25) is 0 Å². The average molecular weight is 836 g/mol. The Morgan fingerprint density at radius 1 is 0.500 bits per heavy atom. The second-order valence-electron chi connectivity index (χ2n) is 17.8. The van der Waals surface area contributed by atoms with Gasteiger partial charge in [0, 0.05) is 47.4 Å². The van der Waals surface area contributed by atoms with E-state index in [0.29, 0.717) is 5.56 Å². The van der Waals surface area contributed by atoms with E-state index < -0.39 is 12.3 Å². The molecule has 300 valence electrons. The summed E-state index contributed by atoms with van der Waals surface area (Å²) in [5, 5.41) is 1.25. The van der Waals surface area contributed by atoms with Gasteiger partial charge in [0.05, 0.1) is 11.1 Å². The lowest BCUT2D eigenvalue weighted by Gasteiger charge is -2.43. The molecule has 1 spiro atoms. The quantitative estimate of drug-likeness (QED) is 0.164. The van der Waals surface area contributed by atoms with Gasteiger partial charge >= 0.3 is 0 Å². The Labute approximate surface area is 382 Å². The van der Waals surface area contributed by atoms with E-state index >= 15 is 0 Å². The zero-order valence-electron chi connectivity index (χ0n) is 38.4. The number of nitrogens with zero attached hydrogens (tertiary/aromatic N) is 2. The summed E-state index contributed by atoms with van der Waals surface area (Å²) in [5.74, 6) is 0. The summed E-state index contributed by atoms with van der Waals surface area (Å²) in [5.41, 5.74) is 24.4. The molecule has 64 heavy (non-hydrogen) atoms. The highest BCUT2D eigenvalue weighted by molar-refractivity contribution is 7.33. The maximum absolute atomic E-state index is 8.20. The summed E-state index contributed by atoms with van der Waals surface area (Å²) in [6.45, 7) is 2.12. The van der Waals surface area contributed by atoms with E-state index in [-0.39, 0.29) is 6.71 Å². The minimum absolute atomic E-state index is 0.0671. The number of hydrogen-bond acceptors (Lipinski definition) is 3. The first kappa shape index (κ1) is 33.2. The Kier molecular flexibility index (Phi) is 6.78. The summed E-state index contributed by atoms with van der Waals surface area (Å²) in [6.07, 6.45) is 0. The highest BCUT2D eigenvalue weighted by Crippen LogP contribution is 2.64. The highest BCUT2D eigenvalue weighted by atomic mass is 32.1. The number of thiophene rings is 1. The predicted octanol–water partition coefficient (Wildman–Crippen LogP) is 13.9. The minimum Gasteiger partial charge on any atom is -0.311 e. The Balaban J connectivity index is 1.07. The monoisotopic (exact) mass is 835 g/mol.